The largest absolute Gasteiger partial charge is 0.505 e. The number of amidine groups is 1. The number of nitrogens with zero attached hydrogens (tertiary/aromatic N) is 3. The number of piperazine rings is 1. The molecule has 1 aromatic carbocycles. The minimum Gasteiger partial charge on any atom is -0.505 e. The van der Waals surface area contributed by atoms with E-state index in [2.05, 4.69) is 26.2 Å². The number of anilines is 1. The first kappa shape index (κ1) is 24.3. The summed E-state index contributed by atoms with van der Waals surface area (Å²) in [6.07, 6.45) is 0.128. The predicted octanol–water partition coefficient (Wildman–Crippen LogP) is 4.08. The maximum absolute atomic E-state index is 12.6. The number of halogens is 2. The molecule has 10 heteroatoms. The zero-order valence-corrected chi connectivity index (χ0v) is 20.3. The van der Waals surface area contributed by atoms with Crippen molar-refractivity contribution in [1.29, 1.82) is 0 Å². The van der Waals surface area contributed by atoms with Crippen molar-refractivity contribution in [2.75, 3.05) is 25.5 Å². The molecule has 2 amide bonds. The maximum atomic E-state index is 12.6. The monoisotopic (exact) mass is 502 g/mol. The van der Waals surface area contributed by atoms with Gasteiger partial charge < -0.3 is 25.0 Å². The van der Waals surface area contributed by atoms with Gasteiger partial charge in [-0.3, -0.25) is 9.79 Å². The van der Waals surface area contributed by atoms with Crippen molar-refractivity contribution >= 4 is 51.6 Å². The summed E-state index contributed by atoms with van der Waals surface area (Å²) in [7, 11) is 1.63. The van der Waals surface area contributed by atoms with Crippen LogP contribution in [-0.4, -0.2) is 71.1 Å². The van der Waals surface area contributed by atoms with Crippen LogP contribution in [0.1, 0.15) is 40.2 Å². The first-order chi connectivity index (χ1) is 13.9. The summed E-state index contributed by atoms with van der Waals surface area (Å²) in [6.45, 7) is 10.3. The quantitative estimate of drug-likeness (QED) is 0.280. The highest BCUT2D eigenvalue weighted by molar-refractivity contribution is 9.10. The number of carbonyl (C=O) groups excluding carboxylic acids is 2. The van der Waals surface area contributed by atoms with E-state index >= 15 is 0 Å². The van der Waals surface area contributed by atoms with Crippen LogP contribution in [0.4, 0.5) is 10.5 Å². The van der Waals surface area contributed by atoms with Crippen LogP contribution in [0, 0.1) is 0 Å². The number of nitrogens with one attached hydrogen (secondary N) is 1. The number of benzene rings is 1. The molecule has 8 nitrogen and oxygen atoms in total. The molecule has 0 radical (unpaired) electrons. The smallest absolute Gasteiger partial charge is 0.410 e. The van der Waals surface area contributed by atoms with Crippen LogP contribution >= 0.6 is 27.5 Å². The van der Waals surface area contributed by atoms with E-state index in [4.69, 9.17) is 16.3 Å². The average Bonchev–Trinajstić information content (AvgIpc) is 2.64. The second kappa shape index (κ2) is 9.43. The topological polar surface area (TPSA) is 94.5 Å². The zero-order chi connectivity index (χ0) is 22.8. The Morgan fingerprint density at radius 2 is 1.90 bits per heavy atom. The Morgan fingerprint density at radius 1 is 1.33 bits per heavy atom. The van der Waals surface area contributed by atoms with Gasteiger partial charge in [0.1, 0.15) is 11.4 Å². The van der Waals surface area contributed by atoms with Gasteiger partial charge in [-0.1, -0.05) is 11.6 Å². The van der Waals surface area contributed by atoms with Gasteiger partial charge in [0, 0.05) is 37.8 Å². The third kappa shape index (κ3) is 5.18. The molecular weight excluding hydrogens is 476 g/mol. The van der Waals surface area contributed by atoms with Crippen molar-refractivity contribution < 1.29 is 19.4 Å². The van der Waals surface area contributed by atoms with Crippen molar-refractivity contribution in [2.24, 2.45) is 4.99 Å². The summed E-state index contributed by atoms with van der Waals surface area (Å²) in [6, 6.07) is 1.40. The van der Waals surface area contributed by atoms with Crippen LogP contribution in [-0.2, 0) is 9.53 Å². The fraction of sp³-hybridized carbons (Fsp3) is 0.550. The van der Waals surface area contributed by atoms with Gasteiger partial charge in [-0.05, 0) is 56.6 Å². The Kier molecular flexibility index (Phi) is 7.63. The maximum Gasteiger partial charge on any atom is 0.410 e. The van der Waals surface area contributed by atoms with Crippen molar-refractivity contribution in [3.8, 4) is 5.75 Å². The van der Waals surface area contributed by atoms with Gasteiger partial charge >= 0.3 is 6.09 Å². The number of hydrogen-bond acceptors (Lipinski definition) is 5. The van der Waals surface area contributed by atoms with E-state index in [-0.39, 0.29) is 39.1 Å². The van der Waals surface area contributed by atoms with E-state index < -0.39 is 5.60 Å². The van der Waals surface area contributed by atoms with Crippen molar-refractivity contribution in [3.63, 3.8) is 0 Å². The number of hydrogen-bond donors (Lipinski definition) is 2. The van der Waals surface area contributed by atoms with E-state index in [1.165, 1.54) is 0 Å². The number of phenolic OH excluding ortho intramolecular Hbond substituents is 1. The lowest BCUT2D eigenvalue weighted by Crippen LogP contribution is -2.60. The van der Waals surface area contributed by atoms with Crippen molar-refractivity contribution in [1.82, 2.24) is 9.80 Å². The number of carbonyl (C=O) groups is 2. The van der Waals surface area contributed by atoms with E-state index in [0.29, 0.717) is 30.9 Å². The van der Waals surface area contributed by atoms with Gasteiger partial charge in [0.15, 0.2) is 5.75 Å². The average molecular weight is 504 g/mol. The zero-order valence-electron chi connectivity index (χ0n) is 18.0. The van der Waals surface area contributed by atoms with E-state index in [0.717, 1.165) is 0 Å². The fourth-order valence-corrected chi connectivity index (χ4v) is 3.91. The van der Waals surface area contributed by atoms with Crippen molar-refractivity contribution in [2.45, 2.75) is 52.3 Å². The van der Waals surface area contributed by atoms with Gasteiger partial charge in [0.2, 0.25) is 6.41 Å². The molecule has 2 rings (SSSR count). The molecule has 1 aliphatic rings. The van der Waals surface area contributed by atoms with Crippen LogP contribution in [0.3, 0.4) is 0 Å². The van der Waals surface area contributed by atoms with Crippen LogP contribution in [0.15, 0.2) is 15.5 Å². The molecule has 1 fully saturated rings. The standard InChI is InChI=1S/C20H28BrClN4O4/c1-11-9-26(19(29)30-20(3,4)5)12(2)8-25(11)18(23-6)13-7-14(22)15(21)17(28)16(13)24-10-27/h7,10-12,28H,8-9H2,1-6H3,(H,24,27)/t11?,12-/m1/s1. The molecule has 0 saturated carbocycles. The van der Waals surface area contributed by atoms with Crippen LogP contribution < -0.4 is 5.32 Å². The molecule has 0 aliphatic carbocycles. The second-order valence-electron chi connectivity index (χ2n) is 8.24. The highest BCUT2D eigenvalue weighted by Gasteiger charge is 2.36. The Balaban J connectivity index is 2.38. The Morgan fingerprint density at radius 3 is 2.43 bits per heavy atom. The van der Waals surface area contributed by atoms with Gasteiger partial charge in [0.25, 0.3) is 0 Å². The third-order valence-corrected chi connectivity index (χ3v) is 6.07. The molecule has 1 heterocycles. The van der Waals surface area contributed by atoms with Crippen LogP contribution in [0.5, 0.6) is 5.75 Å². The molecule has 1 aromatic rings. The molecular formula is C20H28BrClN4O4. The second-order valence-corrected chi connectivity index (χ2v) is 9.44. The molecule has 1 aliphatic heterocycles. The van der Waals surface area contributed by atoms with Gasteiger partial charge in [-0.25, -0.2) is 4.79 Å². The molecule has 0 aromatic heterocycles. The minimum absolute atomic E-state index is 0.0962. The lowest BCUT2D eigenvalue weighted by molar-refractivity contribution is -0.105. The molecule has 0 bridgehead atoms. The first-order valence-electron chi connectivity index (χ1n) is 9.55. The fourth-order valence-electron chi connectivity index (χ4n) is 3.39. The summed E-state index contributed by atoms with van der Waals surface area (Å²) < 4.78 is 5.81. The summed E-state index contributed by atoms with van der Waals surface area (Å²) in [5.74, 6) is 0.367. The highest BCUT2D eigenvalue weighted by Crippen LogP contribution is 2.41. The Hall–Kier alpha value is -2.00. The lowest BCUT2D eigenvalue weighted by atomic mass is 10.0. The number of ether oxygens (including phenoxy) is 1. The molecule has 30 heavy (non-hydrogen) atoms. The van der Waals surface area contributed by atoms with Gasteiger partial charge in [-0.2, -0.15) is 0 Å². The Labute approximate surface area is 190 Å². The number of aliphatic imine (C=N–C) groups is 1. The molecule has 2 atom stereocenters. The van der Waals surface area contributed by atoms with E-state index in [1.807, 2.05) is 39.5 Å². The van der Waals surface area contributed by atoms with Crippen LogP contribution in [0.25, 0.3) is 0 Å². The summed E-state index contributed by atoms with van der Waals surface area (Å²) in [4.78, 5) is 31.9. The highest BCUT2D eigenvalue weighted by atomic mass is 79.9. The SMILES string of the molecule is CN=C(c1cc(Cl)c(Br)c(O)c1NC=O)N1C[C@@H](C)N(C(=O)OC(C)(C)C)CC1C. The number of rotatable bonds is 3. The molecule has 1 saturated heterocycles. The van der Waals surface area contributed by atoms with Gasteiger partial charge in [0.05, 0.1) is 15.2 Å². The molecule has 0 spiro atoms. The predicted molar refractivity (Wildman–Crippen MR) is 122 cm³/mol. The number of aromatic hydroxyl groups is 1. The van der Waals surface area contributed by atoms with Crippen LogP contribution in [0.2, 0.25) is 5.02 Å². The third-order valence-electron chi connectivity index (χ3n) is 4.74. The summed E-state index contributed by atoms with van der Waals surface area (Å²) in [5.41, 5.74) is 0.116. The minimum atomic E-state index is -0.575. The summed E-state index contributed by atoms with van der Waals surface area (Å²) in [5, 5.41) is 13.3. The first-order valence-corrected chi connectivity index (χ1v) is 10.7. The summed E-state index contributed by atoms with van der Waals surface area (Å²) >= 11 is 9.48. The van der Waals surface area contributed by atoms with E-state index in [9.17, 15) is 14.7 Å². The Bertz CT molecular complexity index is 856. The number of phenols is 1. The molecule has 2 N–H and O–H groups in total. The van der Waals surface area contributed by atoms with E-state index in [1.54, 1.807) is 18.0 Å². The number of amides is 2. The van der Waals surface area contributed by atoms with Crippen molar-refractivity contribution in [3.05, 3.63) is 21.1 Å². The normalized spacial score (nSPS) is 20.2. The molecule has 1 unspecified atom stereocenters. The molecule has 166 valence electrons. The lowest BCUT2D eigenvalue weighted by Gasteiger charge is -2.45. The van der Waals surface area contributed by atoms with Gasteiger partial charge in [-0.15, -0.1) is 0 Å².